The second-order valence-electron chi connectivity index (χ2n) is 7.07. The molecule has 0 aliphatic heterocycles. The Morgan fingerprint density at radius 3 is 1.75 bits per heavy atom. The number of hydrogen-bond donors (Lipinski definition) is 2. The number of amides is 2. The first-order chi connectivity index (χ1) is 11.5. The Balaban J connectivity index is 4.10. The van der Waals surface area contributed by atoms with Crippen molar-refractivity contribution in [1.29, 1.82) is 0 Å². The molecule has 0 spiro atoms. The SMILES string of the molecule is CCCCCCCC(C)NC(=O)C(CCCCCCC)NC(C)=O. The van der Waals surface area contributed by atoms with Crippen molar-refractivity contribution in [3.8, 4) is 0 Å². The zero-order valence-electron chi connectivity index (χ0n) is 16.5. The Morgan fingerprint density at radius 2 is 1.25 bits per heavy atom. The number of nitrogens with one attached hydrogen (secondary N) is 2. The highest BCUT2D eigenvalue weighted by Gasteiger charge is 2.20. The lowest BCUT2D eigenvalue weighted by Crippen LogP contribution is -2.48. The minimum atomic E-state index is -0.383. The zero-order valence-corrected chi connectivity index (χ0v) is 16.5. The van der Waals surface area contributed by atoms with Crippen molar-refractivity contribution < 1.29 is 9.59 Å². The van der Waals surface area contributed by atoms with Crippen LogP contribution in [0.4, 0.5) is 0 Å². The Kier molecular flexibility index (Phi) is 14.8. The maximum Gasteiger partial charge on any atom is 0.242 e. The van der Waals surface area contributed by atoms with Crippen LogP contribution in [0.2, 0.25) is 0 Å². The van der Waals surface area contributed by atoms with Crippen LogP contribution in [-0.2, 0) is 9.59 Å². The van der Waals surface area contributed by atoms with E-state index in [4.69, 9.17) is 0 Å². The monoisotopic (exact) mass is 340 g/mol. The second kappa shape index (κ2) is 15.5. The minimum absolute atomic E-state index is 0.0262. The summed E-state index contributed by atoms with van der Waals surface area (Å²) in [6.45, 7) is 7.95. The Morgan fingerprint density at radius 1 is 0.750 bits per heavy atom. The lowest BCUT2D eigenvalue weighted by molar-refractivity contribution is -0.128. The molecule has 2 N–H and O–H groups in total. The normalized spacial score (nSPS) is 13.3. The Hall–Kier alpha value is -1.06. The molecule has 2 amide bonds. The third kappa shape index (κ3) is 13.4. The maximum absolute atomic E-state index is 12.4. The first kappa shape index (κ1) is 22.9. The number of carbonyl (C=O) groups is 2. The topological polar surface area (TPSA) is 58.2 Å². The fourth-order valence-electron chi connectivity index (χ4n) is 2.94. The fraction of sp³-hybridized carbons (Fsp3) is 0.900. The van der Waals surface area contributed by atoms with Crippen LogP contribution in [0.3, 0.4) is 0 Å². The summed E-state index contributed by atoms with van der Waals surface area (Å²) < 4.78 is 0. The standard InChI is InChI=1S/C20H40N2O2/c1-5-7-9-11-13-15-17(3)21-20(24)19(22-18(4)23)16-14-12-10-8-6-2/h17,19H,5-16H2,1-4H3,(H,21,24)(H,22,23). The zero-order chi connectivity index (χ0) is 18.2. The highest BCUT2D eigenvalue weighted by atomic mass is 16.2. The Bertz CT molecular complexity index is 332. The molecule has 0 rings (SSSR count). The Labute approximate surface area is 149 Å². The van der Waals surface area contributed by atoms with Crippen LogP contribution in [-0.4, -0.2) is 23.9 Å². The van der Waals surface area contributed by atoms with E-state index in [1.54, 1.807) is 0 Å². The van der Waals surface area contributed by atoms with Crippen molar-refractivity contribution >= 4 is 11.8 Å². The van der Waals surface area contributed by atoms with Crippen molar-refractivity contribution in [2.45, 2.75) is 117 Å². The first-order valence-electron chi connectivity index (χ1n) is 10.1. The first-order valence-corrected chi connectivity index (χ1v) is 10.1. The molecule has 2 unspecified atom stereocenters. The van der Waals surface area contributed by atoms with E-state index in [0.29, 0.717) is 0 Å². The molecule has 0 aliphatic carbocycles. The molecule has 0 heterocycles. The molecule has 2 atom stereocenters. The second-order valence-corrected chi connectivity index (χ2v) is 7.07. The highest BCUT2D eigenvalue weighted by Crippen LogP contribution is 2.10. The van der Waals surface area contributed by atoms with Crippen LogP contribution in [0.1, 0.15) is 105 Å². The average Bonchev–Trinajstić information content (AvgIpc) is 2.53. The van der Waals surface area contributed by atoms with Gasteiger partial charge in [0.1, 0.15) is 6.04 Å². The summed E-state index contributed by atoms with van der Waals surface area (Å²) in [4.78, 5) is 23.8. The van der Waals surface area contributed by atoms with Gasteiger partial charge in [0.15, 0.2) is 0 Å². The van der Waals surface area contributed by atoms with Gasteiger partial charge in [0.25, 0.3) is 0 Å². The molecular weight excluding hydrogens is 300 g/mol. The van der Waals surface area contributed by atoms with Gasteiger partial charge in [0, 0.05) is 13.0 Å². The number of carbonyl (C=O) groups excluding carboxylic acids is 2. The summed E-state index contributed by atoms with van der Waals surface area (Å²) in [5, 5.41) is 5.88. The largest absolute Gasteiger partial charge is 0.352 e. The summed E-state index contributed by atoms with van der Waals surface area (Å²) in [7, 11) is 0. The molecule has 142 valence electrons. The van der Waals surface area contributed by atoms with Crippen molar-refractivity contribution in [3.05, 3.63) is 0 Å². The van der Waals surface area contributed by atoms with Crippen LogP contribution in [0.25, 0.3) is 0 Å². The lowest BCUT2D eigenvalue weighted by Gasteiger charge is -2.21. The van der Waals surface area contributed by atoms with Gasteiger partial charge in [-0.15, -0.1) is 0 Å². The number of hydrogen-bond acceptors (Lipinski definition) is 2. The van der Waals surface area contributed by atoms with Crippen molar-refractivity contribution in [2.75, 3.05) is 0 Å². The number of unbranched alkanes of at least 4 members (excludes halogenated alkanes) is 8. The van der Waals surface area contributed by atoms with Crippen molar-refractivity contribution in [2.24, 2.45) is 0 Å². The van der Waals surface area contributed by atoms with Gasteiger partial charge in [-0.2, -0.15) is 0 Å². The molecule has 4 nitrogen and oxygen atoms in total. The molecule has 0 bridgehead atoms. The van der Waals surface area contributed by atoms with Crippen molar-refractivity contribution in [3.63, 3.8) is 0 Å². The van der Waals surface area contributed by atoms with Crippen molar-refractivity contribution in [1.82, 2.24) is 10.6 Å². The maximum atomic E-state index is 12.4. The van der Waals surface area contributed by atoms with Crippen LogP contribution >= 0.6 is 0 Å². The van der Waals surface area contributed by atoms with Crippen LogP contribution in [0, 0.1) is 0 Å². The lowest BCUT2D eigenvalue weighted by atomic mass is 10.0. The summed E-state index contributed by atoms with van der Waals surface area (Å²) >= 11 is 0. The van der Waals surface area contributed by atoms with E-state index in [0.717, 1.165) is 32.1 Å². The molecule has 0 radical (unpaired) electrons. The highest BCUT2D eigenvalue weighted by molar-refractivity contribution is 5.86. The van der Waals surface area contributed by atoms with Gasteiger partial charge in [-0.05, 0) is 19.8 Å². The van der Waals surface area contributed by atoms with E-state index in [1.807, 2.05) is 0 Å². The van der Waals surface area contributed by atoms with Crippen LogP contribution in [0.5, 0.6) is 0 Å². The fourth-order valence-corrected chi connectivity index (χ4v) is 2.94. The van der Waals surface area contributed by atoms with E-state index in [-0.39, 0.29) is 23.9 Å². The summed E-state index contributed by atoms with van der Waals surface area (Å²) in [6.07, 6.45) is 13.8. The summed E-state index contributed by atoms with van der Waals surface area (Å²) in [5.74, 6) is -0.155. The van der Waals surface area contributed by atoms with Gasteiger partial charge >= 0.3 is 0 Å². The third-order valence-electron chi connectivity index (χ3n) is 4.42. The van der Waals surface area contributed by atoms with E-state index in [9.17, 15) is 9.59 Å². The van der Waals surface area contributed by atoms with Gasteiger partial charge in [-0.25, -0.2) is 0 Å². The molecule has 0 saturated heterocycles. The van der Waals surface area contributed by atoms with Gasteiger partial charge in [-0.3, -0.25) is 9.59 Å². The molecule has 0 aliphatic rings. The molecule has 24 heavy (non-hydrogen) atoms. The smallest absolute Gasteiger partial charge is 0.242 e. The van der Waals surface area contributed by atoms with Gasteiger partial charge in [-0.1, -0.05) is 78.1 Å². The van der Waals surface area contributed by atoms with E-state index in [2.05, 4.69) is 31.4 Å². The number of rotatable bonds is 15. The van der Waals surface area contributed by atoms with Crippen LogP contribution < -0.4 is 10.6 Å². The third-order valence-corrected chi connectivity index (χ3v) is 4.42. The predicted octanol–water partition coefficient (Wildman–Crippen LogP) is 4.72. The summed E-state index contributed by atoms with van der Waals surface area (Å²) in [5.41, 5.74) is 0. The molecule has 0 aromatic carbocycles. The van der Waals surface area contributed by atoms with Gasteiger partial charge < -0.3 is 10.6 Å². The quantitative estimate of drug-likeness (QED) is 0.424. The molecule has 0 aromatic heterocycles. The van der Waals surface area contributed by atoms with E-state index < -0.39 is 0 Å². The minimum Gasteiger partial charge on any atom is -0.352 e. The van der Waals surface area contributed by atoms with Gasteiger partial charge in [0.2, 0.25) is 11.8 Å². The van der Waals surface area contributed by atoms with E-state index >= 15 is 0 Å². The molecule has 4 heteroatoms. The van der Waals surface area contributed by atoms with Crippen LogP contribution in [0.15, 0.2) is 0 Å². The van der Waals surface area contributed by atoms with E-state index in [1.165, 1.54) is 51.9 Å². The predicted molar refractivity (Wildman–Crippen MR) is 102 cm³/mol. The summed E-state index contributed by atoms with van der Waals surface area (Å²) in [6, 6.07) is -0.206. The van der Waals surface area contributed by atoms with Gasteiger partial charge in [0.05, 0.1) is 0 Å². The molecule has 0 aromatic rings. The molecule has 0 saturated carbocycles. The average molecular weight is 341 g/mol. The molecule has 0 fully saturated rings. The molecular formula is C20H40N2O2.